The summed E-state index contributed by atoms with van der Waals surface area (Å²) in [5.74, 6) is 1.56. The summed E-state index contributed by atoms with van der Waals surface area (Å²) in [6, 6.07) is 0. The van der Waals surface area contributed by atoms with Gasteiger partial charge in [0.2, 0.25) is 6.79 Å². The van der Waals surface area contributed by atoms with Gasteiger partial charge in [0.1, 0.15) is 0 Å². The number of hydrogen-bond acceptors (Lipinski definition) is 3. The number of rotatable bonds is 3. The average molecular weight is 205 g/mol. The predicted octanol–water partition coefficient (Wildman–Crippen LogP) is 1.82. The second kappa shape index (κ2) is 3.95. The van der Waals surface area contributed by atoms with Crippen molar-refractivity contribution in [3.63, 3.8) is 0 Å². The molecule has 0 unspecified atom stereocenters. The largest absolute Gasteiger partial charge is 0.454 e. The van der Waals surface area contributed by atoms with Crippen LogP contribution in [0.5, 0.6) is 0 Å². The van der Waals surface area contributed by atoms with Gasteiger partial charge in [-0.05, 0) is 18.7 Å². The number of likely N-dealkylation sites (N-methyl/N-ethyl adjacent to an activating group) is 1. The lowest BCUT2D eigenvalue weighted by Crippen LogP contribution is -2.15. The van der Waals surface area contributed by atoms with Crippen molar-refractivity contribution in [2.24, 2.45) is 0 Å². The zero-order valence-corrected chi connectivity index (χ0v) is 8.95. The Morgan fingerprint density at radius 3 is 2.67 bits per heavy atom. The first-order chi connectivity index (χ1) is 7.26. The van der Waals surface area contributed by atoms with Crippen molar-refractivity contribution in [1.82, 2.24) is 4.90 Å². The molecule has 0 spiro atoms. The van der Waals surface area contributed by atoms with Crippen LogP contribution in [0.4, 0.5) is 0 Å². The van der Waals surface area contributed by atoms with Crippen LogP contribution in [0.2, 0.25) is 0 Å². The second-order valence-corrected chi connectivity index (χ2v) is 3.68. The third kappa shape index (κ3) is 1.70. The first-order valence-electron chi connectivity index (χ1n) is 4.92. The normalized spacial score (nSPS) is 21.7. The maximum absolute atomic E-state index is 5.47. The van der Waals surface area contributed by atoms with E-state index in [1.807, 2.05) is 6.08 Å². The van der Waals surface area contributed by atoms with Crippen molar-refractivity contribution in [2.75, 3.05) is 26.9 Å². The Bertz CT molecular complexity index is 366. The summed E-state index contributed by atoms with van der Waals surface area (Å²) < 4.78 is 10.8. The molecule has 0 aliphatic carbocycles. The topological polar surface area (TPSA) is 21.7 Å². The predicted molar refractivity (Wildman–Crippen MR) is 59.0 cm³/mol. The molecule has 0 saturated heterocycles. The van der Waals surface area contributed by atoms with Gasteiger partial charge in [0.25, 0.3) is 0 Å². The van der Waals surface area contributed by atoms with Crippen molar-refractivity contribution >= 4 is 0 Å². The fourth-order valence-electron chi connectivity index (χ4n) is 1.89. The van der Waals surface area contributed by atoms with E-state index in [9.17, 15) is 0 Å². The van der Waals surface area contributed by atoms with Gasteiger partial charge in [-0.1, -0.05) is 19.2 Å². The molecule has 2 heterocycles. The molecule has 0 amide bonds. The lowest BCUT2D eigenvalue weighted by molar-refractivity contribution is 0.0763. The van der Waals surface area contributed by atoms with Gasteiger partial charge >= 0.3 is 0 Å². The Morgan fingerprint density at radius 2 is 2.00 bits per heavy atom. The van der Waals surface area contributed by atoms with Crippen LogP contribution in [0.3, 0.4) is 0 Å². The standard InChI is InChI=1S/C12H15NO2/c1-4-9-6-13(3)7-10(9)12-11(5-2)14-8-15-12/h4-5H,1-2,6-8H2,3H3. The Hall–Kier alpha value is -1.48. The van der Waals surface area contributed by atoms with Crippen LogP contribution >= 0.6 is 0 Å². The Morgan fingerprint density at radius 1 is 1.20 bits per heavy atom. The molecule has 0 atom stereocenters. The van der Waals surface area contributed by atoms with Crippen LogP contribution in [-0.4, -0.2) is 31.8 Å². The lowest BCUT2D eigenvalue weighted by Gasteiger charge is -2.07. The number of allylic oxidation sites excluding steroid dienone is 1. The van der Waals surface area contributed by atoms with Crippen LogP contribution in [0, 0.1) is 0 Å². The SMILES string of the molecule is C=CC1=C(C2=C(C=C)OCO2)CN(C)C1. The lowest BCUT2D eigenvalue weighted by atomic mass is 10.1. The van der Waals surface area contributed by atoms with E-state index in [1.165, 1.54) is 11.1 Å². The summed E-state index contributed by atoms with van der Waals surface area (Å²) in [4.78, 5) is 2.21. The molecule has 0 fully saturated rings. The second-order valence-electron chi connectivity index (χ2n) is 3.68. The molecular formula is C12H15NO2. The minimum Gasteiger partial charge on any atom is -0.454 e. The smallest absolute Gasteiger partial charge is 0.231 e. The third-order valence-corrected chi connectivity index (χ3v) is 2.60. The maximum atomic E-state index is 5.47. The van der Waals surface area contributed by atoms with Gasteiger partial charge in [0, 0.05) is 18.7 Å². The highest BCUT2D eigenvalue weighted by atomic mass is 16.7. The van der Waals surface area contributed by atoms with Gasteiger partial charge < -0.3 is 9.47 Å². The van der Waals surface area contributed by atoms with Crippen LogP contribution in [0.1, 0.15) is 0 Å². The summed E-state index contributed by atoms with van der Waals surface area (Å²) in [5.41, 5.74) is 2.37. The van der Waals surface area contributed by atoms with E-state index in [-0.39, 0.29) is 6.79 Å². The molecule has 0 saturated carbocycles. The van der Waals surface area contributed by atoms with E-state index in [4.69, 9.17) is 9.47 Å². The van der Waals surface area contributed by atoms with E-state index >= 15 is 0 Å². The molecule has 0 aromatic rings. The Kier molecular flexibility index (Phi) is 2.64. The molecule has 2 aliphatic rings. The number of nitrogens with zero attached hydrogens (tertiary/aromatic N) is 1. The van der Waals surface area contributed by atoms with Gasteiger partial charge in [-0.15, -0.1) is 0 Å². The Labute approximate surface area is 90.0 Å². The molecular weight excluding hydrogens is 190 g/mol. The molecule has 0 N–H and O–H groups in total. The maximum Gasteiger partial charge on any atom is 0.231 e. The molecule has 0 bridgehead atoms. The van der Waals surface area contributed by atoms with Crippen molar-refractivity contribution in [1.29, 1.82) is 0 Å². The zero-order chi connectivity index (χ0) is 10.8. The molecule has 80 valence electrons. The van der Waals surface area contributed by atoms with E-state index < -0.39 is 0 Å². The molecule has 3 nitrogen and oxygen atoms in total. The van der Waals surface area contributed by atoms with Crippen LogP contribution in [-0.2, 0) is 9.47 Å². The highest BCUT2D eigenvalue weighted by Crippen LogP contribution is 2.30. The van der Waals surface area contributed by atoms with Crippen molar-refractivity contribution in [3.8, 4) is 0 Å². The average Bonchev–Trinajstić information content (AvgIpc) is 2.82. The molecule has 3 heteroatoms. The van der Waals surface area contributed by atoms with Crippen molar-refractivity contribution in [2.45, 2.75) is 0 Å². The highest BCUT2D eigenvalue weighted by molar-refractivity contribution is 5.45. The van der Waals surface area contributed by atoms with Crippen molar-refractivity contribution in [3.05, 3.63) is 48.0 Å². The monoisotopic (exact) mass is 205 g/mol. The fraction of sp³-hybridized carbons (Fsp3) is 0.333. The summed E-state index contributed by atoms with van der Waals surface area (Å²) in [7, 11) is 2.07. The minimum absolute atomic E-state index is 0.286. The first kappa shape index (κ1) is 10.1. The van der Waals surface area contributed by atoms with Gasteiger partial charge in [-0.25, -0.2) is 0 Å². The molecule has 0 aromatic heterocycles. The summed E-state index contributed by atoms with van der Waals surface area (Å²) in [6.07, 6.45) is 3.57. The molecule has 15 heavy (non-hydrogen) atoms. The molecule has 2 rings (SSSR count). The fourth-order valence-corrected chi connectivity index (χ4v) is 1.89. The van der Waals surface area contributed by atoms with Crippen LogP contribution in [0.15, 0.2) is 48.0 Å². The van der Waals surface area contributed by atoms with E-state index in [1.54, 1.807) is 6.08 Å². The van der Waals surface area contributed by atoms with E-state index in [2.05, 4.69) is 25.1 Å². The van der Waals surface area contributed by atoms with E-state index in [0.29, 0.717) is 0 Å². The van der Waals surface area contributed by atoms with Crippen molar-refractivity contribution < 1.29 is 9.47 Å². The quantitative estimate of drug-likeness (QED) is 0.701. The molecule has 0 radical (unpaired) electrons. The van der Waals surface area contributed by atoms with Gasteiger partial charge in [-0.2, -0.15) is 0 Å². The van der Waals surface area contributed by atoms with Gasteiger partial charge in [0.05, 0.1) is 0 Å². The number of hydrogen-bond donors (Lipinski definition) is 0. The van der Waals surface area contributed by atoms with Crippen LogP contribution in [0.25, 0.3) is 0 Å². The minimum atomic E-state index is 0.286. The third-order valence-electron chi connectivity index (χ3n) is 2.60. The summed E-state index contributed by atoms with van der Waals surface area (Å²) >= 11 is 0. The highest BCUT2D eigenvalue weighted by Gasteiger charge is 2.26. The first-order valence-corrected chi connectivity index (χ1v) is 4.92. The van der Waals surface area contributed by atoms with Gasteiger partial charge in [0.15, 0.2) is 11.5 Å². The van der Waals surface area contributed by atoms with E-state index in [0.717, 1.165) is 24.6 Å². The van der Waals surface area contributed by atoms with Gasteiger partial charge in [-0.3, -0.25) is 4.90 Å². The summed E-state index contributed by atoms with van der Waals surface area (Å²) in [5, 5.41) is 0. The Balaban J connectivity index is 2.37. The molecule has 0 aromatic carbocycles. The number of ether oxygens (including phenoxy) is 2. The molecule has 2 aliphatic heterocycles. The summed E-state index contributed by atoms with van der Waals surface area (Å²) in [6.45, 7) is 9.60. The zero-order valence-electron chi connectivity index (χ0n) is 8.95. The van der Waals surface area contributed by atoms with Crippen LogP contribution < -0.4 is 0 Å².